The van der Waals surface area contributed by atoms with Gasteiger partial charge in [0.25, 0.3) is 0 Å². The zero-order valence-corrected chi connectivity index (χ0v) is 18.9. The van der Waals surface area contributed by atoms with Gasteiger partial charge in [-0.25, -0.2) is 8.37 Å². The lowest BCUT2D eigenvalue weighted by atomic mass is 9.95. The average molecular weight is 543 g/mol. The quantitative estimate of drug-likeness (QED) is 0.126. The van der Waals surface area contributed by atoms with Crippen molar-refractivity contribution in [3.8, 4) is 0 Å². The van der Waals surface area contributed by atoms with Crippen LogP contribution in [-0.2, 0) is 48.2 Å². The highest BCUT2D eigenvalue weighted by atomic mass is 32.3. The van der Waals surface area contributed by atoms with E-state index in [0.717, 1.165) is 6.92 Å². The molecule has 0 aliphatic carbocycles. The fraction of sp³-hybridized carbons (Fsp3) is 0.929. The topological polar surface area (TPSA) is 285 Å². The van der Waals surface area contributed by atoms with E-state index in [2.05, 4.69) is 13.7 Å². The van der Waals surface area contributed by atoms with Crippen LogP contribution in [0.2, 0.25) is 0 Å². The first-order valence-corrected chi connectivity index (χ1v) is 12.1. The van der Waals surface area contributed by atoms with Crippen molar-refractivity contribution in [2.45, 2.75) is 68.3 Å². The van der Waals surface area contributed by atoms with Gasteiger partial charge in [-0.15, -0.1) is 0 Å². The lowest BCUT2D eigenvalue weighted by molar-refractivity contribution is -0.339. The number of hydrogen-bond donors (Lipinski definition) is 8. The minimum absolute atomic E-state index is 0.825. The number of nitrogens with one attached hydrogen (secondary N) is 1. The number of aliphatic hydroxyl groups excluding tert-OH is 5. The summed E-state index contributed by atoms with van der Waals surface area (Å²) in [4.78, 5) is 11.6. The van der Waals surface area contributed by atoms with Gasteiger partial charge in [-0.1, -0.05) is 0 Å². The molecule has 34 heavy (non-hydrogen) atoms. The van der Waals surface area contributed by atoms with Crippen LogP contribution in [0, 0.1) is 0 Å². The van der Waals surface area contributed by atoms with E-state index in [4.69, 9.17) is 23.3 Å². The lowest BCUT2D eigenvalue weighted by Crippen LogP contribution is -2.68. The Balaban J connectivity index is 2.39. The molecule has 0 aromatic rings. The fourth-order valence-electron chi connectivity index (χ4n) is 3.36. The average Bonchev–Trinajstić information content (AvgIpc) is 2.69. The third-order valence-electron chi connectivity index (χ3n) is 4.79. The maximum atomic E-state index is 11.6. The molecule has 2 aliphatic heterocycles. The van der Waals surface area contributed by atoms with Crippen LogP contribution in [0.4, 0.5) is 0 Å². The van der Waals surface area contributed by atoms with Gasteiger partial charge in [-0.05, 0) is 0 Å². The summed E-state index contributed by atoms with van der Waals surface area (Å²) in [5.74, 6) is -0.825. The molecule has 0 aromatic carbocycles. The highest BCUT2D eigenvalue weighted by Gasteiger charge is 2.52. The van der Waals surface area contributed by atoms with Crippen LogP contribution < -0.4 is 5.32 Å². The summed E-state index contributed by atoms with van der Waals surface area (Å²) in [5, 5.41) is 52.0. The molecule has 2 heterocycles. The van der Waals surface area contributed by atoms with Crippen LogP contribution in [0.15, 0.2) is 0 Å². The van der Waals surface area contributed by atoms with Gasteiger partial charge < -0.3 is 45.1 Å². The van der Waals surface area contributed by atoms with E-state index in [0.29, 0.717) is 0 Å². The summed E-state index contributed by atoms with van der Waals surface area (Å²) in [6.45, 7) is -1.09. The summed E-state index contributed by atoms with van der Waals surface area (Å²) >= 11 is 0. The maximum Gasteiger partial charge on any atom is 0.397 e. The van der Waals surface area contributed by atoms with Crippen molar-refractivity contribution < 1.29 is 78.8 Å². The number of amides is 1. The molecule has 8 N–H and O–H groups in total. The Morgan fingerprint density at radius 2 is 1.53 bits per heavy atom. The van der Waals surface area contributed by atoms with Crippen LogP contribution in [0.3, 0.4) is 0 Å². The standard InChI is InChI=1S/C14H25NO17S2/c1-4(17)15-7-8(18)12(32-34(25,26)27)6(3-28-33(22,23)24)30-14(7)31-11-5(2-16)29-13(21)10(20)9(11)19/h5-14,16,18-21H,2-3H2,1H3,(H,15,17)(H,22,23,24)(H,25,26,27)/t5-,6-,7-,8-,9-,10-,11-,12-,13-,14+/m1/s1. The van der Waals surface area contributed by atoms with Crippen molar-refractivity contribution in [1.29, 1.82) is 0 Å². The molecule has 10 atom stereocenters. The van der Waals surface area contributed by atoms with Crippen LogP contribution in [0.5, 0.6) is 0 Å². The zero-order valence-electron chi connectivity index (χ0n) is 17.2. The second kappa shape index (κ2) is 11.3. The first-order chi connectivity index (χ1) is 15.5. The Kier molecular flexibility index (Phi) is 9.68. The maximum absolute atomic E-state index is 11.6. The Morgan fingerprint density at radius 1 is 0.912 bits per heavy atom. The molecular formula is C14H25NO17S2. The van der Waals surface area contributed by atoms with E-state index >= 15 is 0 Å². The van der Waals surface area contributed by atoms with Crippen LogP contribution in [-0.4, -0.2) is 132 Å². The molecule has 0 spiro atoms. The fourth-order valence-corrected chi connectivity index (χ4v) is 4.19. The normalized spacial score (nSPS) is 39.5. The van der Waals surface area contributed by atoms with Crippen molar-refractivity contribution in [2.75, 3.05) is 13.2 Å². The van der Waals surface area contributed by atoms with Gasteiger partial charge in [0.1, 0.15) is 48.8 Å². The second-order valence-electron chi connectivity index (χ2n) is 7.29. The van der Waals surface area contributed by atoms with Crippen molar-refractivity contribution in [2.24, 2.45) is 0 Å². The molecule has 0 aromatic heterocycles. The number of aliphatic hydroxyl groups is 5. The summed E-state index contributed by atoms with van der Waals surface area (Å²) in [5.41, 5.74) is 0. The summed E-state index contributed by atoms with van der Waals surface area (Å²) < 4.78 is 86.3. The molecule has 18 nitrogen and oxygen atoms in total. The molecule has 0 unspecified atom stereocenters. The van der Waals surface area contributed by atoms with Gasteiger partial charge in [0.2, 0.25) is 5.91 Å². The Hall–Kier alpha value is -1.11. The number of ether oxygens (including phenoxy) is 3. The van der Waals surface area contributed by atoms with E-state index in [1.807, 2.05) is 0 Å². The van der Waals surface area contributed by atoms with Crippen molar-refractivity contribution in [3.63, 3.8) is 0 Å². The van der Waals surface area contributed by atoms with Crippen molar-refractivity contribution in [1.82, 2.24) is 5.32 Å². The molecule has 0 saturated carbocycles. The molecule has 0 radical (unpaired) electrons. The van der Waals surface area contributed by atoms with Crippen LogP contribution >= 0.6 is 0 Å². The Labute approximate surface area is 192 Å². The van der Waals surface area contributed by atoms with Crippen LogP contribution in [0.1, 0.15) is 6.92 Å². The first-order valence-electron chi connectivity index (χ1n) is 9.38. The van der Waals surface area contributed by atoms with Crippen molar-refractivity contribution >= 4 is 26.7 Å². The monoisotopic (exact) mass is 543 g/mol. The first kappa shape index (κ1) is 29.1. The molecule has 200 valence electrons. The molecule has 20 heteroatoms. The number of hydrogen-bond acceptors (Lipinski definition) is 15. The molecule has 2 fully saturated rings. The van der Waals surface area contributed by atoms with Gasteiger partial charge >= 0.3 is 20.8 Å². The number of carbonyl (C=O) groups is 1. The molecule has 2 saturated heterocycles. The Morgan fingerprint density at radius 3 is 2.03 bits per heavy atom. The number of rotatable bonds is 9. The molecule has 2 rings (SSSR count). The van der Waals surface area contributed by atoms with E-state index < -0.39 is 101 Å². The van der Waals surface area contributed by atoms with Gasteiger partial charge in [0.15, 0.2) is 12.6 Å². The SMILES string of the molecule is CC(=O)N[C@H]1[C@H](O[C@H]2[C@H](O)[C@@H](O)[C@H](O)O[C@@H]2CO)O[C@H](COS(=O)(=O)O)[C@@H](OS(=O)(=O)O)[C@@H]1O. The van der Waals surface area contributed by atoms with E-state index in [-0.39, 0.29) is 0 Å². The van der Waals surface area contributed by atoms with Crippen LogP contribution in [0.25, 0.3) is 0 Å². The summed E-state index contributed by atoms with van der Waals surface area (Å²) in [6.07, 6.45) is -17.0. The van der Waals surface area contributed by atoms with Gasteiger partial charge in [0, 0.05) is 6.92 Å². The molecule has 0 bridgehead atoms. The smallest absolute Gasteiger partial charge is 0.394 e. The lowest BCUT2D eigenvalue weighted by Gasteiger charge is -2.47. The summed E-state index contributed by atoms with van der Waals surface area (Å²) in [6, 6.07) is -1.72. The van der Waals surface area contributed by atoms with E-state index in [9.17, 15) is 47.2 Å². The van der Waals surface area contributed by atoms with Crippen molar-refractivity contribution in [3.05, 3.63) is 0 Å². The largest absolute Gasteiger partial charge is 0.397 e. The van der Waals surface area contributed by atoms with Gasteiger partial charge in [-0.3, -0.25) is 13.9 Å². The number of carbonyl (C=O) groups excluding carboxylic acids is 1. The highest BCUT2D eigenvalue weighted by Crippen LogP contribution is 2.30. The van der Waals surface area contributed by atoms with E-state index in [1.165, 1.54) is 0 Å². The minimum atomic E-state index is -5.29. The minimum Gasteiger partial charge on any atom is -0.394 e. The second-order valence-corrected chi connectivity index (χ2v) is 9.43. The predicted molar refractivity (Wildman–Crippen MR) is 101 cm³/mol. The summed E-state index contributed by atoms with van der Waals surface area (Å²) in [7, 11) is -10.4. The van der Waals surface area contributed by atoms with Gasteiger partial charge in [-0.2, -0.15) is 16.8 Å². The highest BCUT2D eigenvalue weighted by molar-refractivity contribution is 7.81. The predicted octanol–water partition coefficient (Wildman–Crippen LogP) is -5.60. The molecule has 2 aliphatic rings. The third-order valence-corrected chi connectivity index (χ3v) is 5.69. The Bertz CT molecular complexity index is 909. The zero-order chi connectivity index (χ0) is 26.0. The van der Waals surface area contributed by atoms with Gasteiger partial charge in [0.05, 0.1) is 13.2 Å². The molecule has 1 amide bonds. The van der Waals surface area contributed by atoms with E-state index in [1.54, 1.807) is 0 Å². The molecular weight excluding hydrogens is 518 g/mol. The third kappa shape index (κ3) is 7.69.